The van der Waals surface area contributed by atoms with Gasteiger partial charge in [-0.05, 0) is 19.1 Å². The lowest BCUT2D eigenvalue weighted by Crippen LogP contribution is -2.49. The van der Waals surface area contributed by atoms with E-state index >= 15 is 0 Å². The number of alkyl halides is 1. The molecule has 0 amide bonds. The first-order chi connectivity index (χ1) is 8.70. The zero-order chi connectivity index (χ0) is 13.0. The van der Waals surface area contributed by atoms with Crippen molar-refractivity contribution in [3.63, 3.8) is 0 Å². The van der Waals surface area contributed by atoms with E-state index < -0.39 is 6.67 Å². The lowest BCUT2D eigenvalue weighted by atomic mass is 10.2. The van der Waals surface area contributed by atoms with Crippen LogP contribution >= 0.6 is 36.4 Å². The normalized spacial score (nSPS) is 17.9. The maximum atomic E-state index is 12.1. The van der Waals surface area contributed by atoms with Crippen LogP contribution in [-0.2, 0) is 0 Å². The Morgan fingerprint density at radius 3 is 2.85 bits per heavy atom. The summed E-state index contributed by atoms with van der Waals surface area (Å²) in [6.45, 7) is 4.55. The number of hydrogen-bond acceptors (Lipinski definition) is 3. The minimum absolute atomic E-state index is 0. The van der Waals surface area contributed by atoms with E-state index in [1.807, 2.05) is 12.1 Å². The van der Waals surface area contributed by atoms with Crippen molar-refractivity contribution < 1.29 is 9.13 Å². The minimum Gasteiger partial charge on any atom is -0.489 e. The molecule has 20 heavy (non-hydrogen) atoms. The highest BCUT2D eigenvalue weighted by Crippen LogP contribution is 2.30. The summed E-state index contributed by atoms with van der Waals surface area (Å²) in [7, 11) is 0. The molecule has 0 spiro atoms. The molecule has 2 rings (SSSR count). The average Bonchev–Trinajstić information content (AvgIpc) is 2.38. The second kappa shape index (κ2) is 9.50. The Labute approximate surface area is 136 Å². The quantitative estimate of drug-likeness (QED) is 0.906. The van der Waals surface area contributed by atoms with Gasteiger partial charge in [-0.15, -0.1) is 24.8 Å². The number of rotatable bonds is 4. The Bertz CT molecular complexity index is 409. The molecule has 0 bridgehead atoms. The standard InChI is InChI=1S/C13H18ClFN2O.2ClH/c1-10-9-17(6-5-16-10)11-2-3-12(14)13(8-11)18-7-4-15;;/h2-3,8,10,16H,4-7,9H2,1H3;2*1H. The summed E-state index contributed by atoms with van der Waals surface area (Å²) in [4.78, 5) is 2.28. The van der Waals surface area contributed by atoms with Crippen LogP contribution in [0.3, 0.4) is 0 Å². The van der Waals surface area contributed by atoms with Gasteiger partial charge in [0.2, 0.25) is 0 Å². The van der Waals surface area contributed by atoms with Gasteiger partial charge in [-0.3, -0.25) is 0 Å². The first kappa shape index (κ1) is 19.6. The summed E-state index contributed by atoms with van der Waals surface area (Å²) in [6, 6.07) is 6.13. The summed E-state index contributed by atoms with van der Waals surface area (Å²) in [5.41, 5.74) is 1.07. The molecule has 1 aliphatic heterocycles. The van der Waals surface area contributed by atoms with Crippen LogP contribution in [0.1, 0.15) is 6.92 Å². The number of nitrogens with zero attached hydrogens (tertiary/aromatic N) is 1. The molecular weight excluding hydrogens is 326 g/mol. The van der Waals surface area contributed by atoms with Crippen molar-refractivity contribution in [1.29, 1.82) is 0 Å². The zero-order valence-electron chi connectivity index (χ0n) is 11.3. The zero-order valence-corrected chi connectivity index (χ0v) is 13.7. The van der Waals surface area contributed by atoms with Gasteiger partial charge >= 0.3 is 0 Å². The number of halogens is 4. The molecule has 1 N–H and O–H groups in total. The number of benzene rings is 1. The number of hydrogen-bond donors (Lipinski definition) is 1. The summed E-state index contributed by atoms with van der Waals surface area (Å²) in [5, 5.41) is 3.92. The van der Waals surface area contributed by atoms with Gasteiger partial charge in [0.1, 0.15) is 19.0 Å². The summed E-state index contributed by atoms with van der Waals surface area (Å²) >= 11 is 6.02. The van der Waals surface area contributed by atoms with Crippen LogP contribution in [0.4, 0.5) is 10.1 Å². The smallest absolute Gasteiger partial charge is 0.140 e. The fourth-order valence-electron chi connectivity index (χ4n) is 2.11. The lowest BCUT2D eigenvalue weighted by molar-refractivity contribution is 0.273. The van der Waals surface area contributed by atoms with Crippen molar-refractivity contribution in [2.45, 2.75) is 13.0 Å². The highest BCUT2D eigenvalue weighted by atomic mass is 35.5. The van der Waals surface area contributed by atoms with Crippen molar-refractivity contribution in [2.24, 2.45) is 0 Å². The van der Waals surface area contributed by atoms with Crippen LogP contribution in [0, 0.1) is 0 Å². The van der Waals surface area contributed by atoms with E-state index in [2.05, 4.69) is 17.1 Å². The van der Waals surface area contributed by atoms with E-state index in [1.165, 1.54) is 0 Å². The number of nitrogens with one attached hydrogen (secondary N) is 1. The highest BCUT2D eigenvalue weighted by molar-refractivity contribution is 6.32. The van der Waals surface area contributed by atoms with Crippen LogP contribution in [0.15, 0.2) is 18.2 Å². The number of piperazine rings is 1. The van der Waals surface area contributed by atoms with Crippen LogP contribution in [0.5, 0.6) is 5.75 Å². The molecule has 116 valence electrons. The maximum Gasteiger partial charge on any atom is 0.140 e. The number of ether oxygens (including phenoxy) is 1. The van der Waals surface area contributed by atoms with Crippen molar-refractivity contribution in [2.75, 3.05) is 37.8 Å². The molecule has 0 aromatic heterocycles. The third kappa shape index (κ3) is 5.17. The molecule has 0 saturated carbocycles. The van der Waals surface area contributed by atoms with Gasteiger partial charge in [0.15, 0.2) is 0 Å². The van der Waals surface area contributed by atoms with Gasteiger partial charge in [-0.25, -0.2) is 4.39 Å². The molecule has 1 saturated heterocycles. The number of anilines is 1. The minimum atomic E-state index is -0.509. The van der Waals surface area contributed by atoms with E-state index in [1.54, 1.807) is 6.07 Å². The van der Waals surface area contributed by atoms with E-state index in [9.17, 15) is 4.39 Å². The third-order valence-corrected chi connectivity index (χ3v) is 3.30. The first-order valence-electron chi connectivity index (χ1n) is 6.17. The Balaban J connectivity index is 0.00000180. The van der Waals surface area contributed by atoms with Gasteiger partial charge in [-0.2, -0.15) is 0 Å². The van der Waals surface area contributed by atoms with Gasteiger partial charge in [-0.1, -0.05) is 11.6 Å². The molecule has 0 radical (unpaired) electrons. The SMILES string of the molecule is CC1CN(c2ccc(Cl)c(OCCF)c2)CCN1.Cl.Cl. The molecular formula is C13H20Cl3FN2O. The Hall–Kier alpha value is -0.420. The van der Waals surface area contributed by atoms with Crippen molar-refractivity contribution in [3.05, 3.63) is 23.2 Å². The molecule has 3 nitrogen and oxygen atoms in total. The largest absolute Gasteiger partial charge is 0.489 e. The van der Waals surface area contributed by atoms with Gasteiger partial charge in [0, 0.05) is 37.4 Å². The molecule has 1 unspecified atom stereocenters. The molecule has 7 heteroatoms. The predicted octanol–water partition coefficient (Wildman–Crippen LogP) is 3.33. The van der Waals surface area contributed by atoms with Crippen molar-refractivity contribution in [3.8, 4) is 5.75 Å². The summed E-state index contributed by atoms with van der Waals surface area (Å²) in [6.07, 6.45) is 0. The van der Waals surface area contributed by atoms with Gasteiger partial charge in [0.25, 0.3) is 0 Å². The topological polar surface area (TPSA) is 24.5 Å². The van der Waals surface area contributed by atoms with E-state index in [0.29, 0.717) is 16.8 Å². The Kier molecular flexibility index (Phi) is 9.30. The maximum absolute atomic E-state index is 12.1. The van der Waals surface area contributed by atoms with E-state index in [4.69, 9.17) is 16.3 Å². The molecule has 1 fully saturated rings. The summed E-state index contributed by atoms with van der Waals surface area (Å²) in [5.74, 6) is 0.554. The molecule has 1 aromatic rings. The van der Waals surface area contributed by atoms with Crippen LogP contribution in [-0.4, -0.2) is 39.0 Å². The van der Waals surface area contributed by atoms with E-state index in [0.717, 1.165) is 25.3 Å². The van der Waals surface area contributed by atoms with Gasteiger partial charge < -0.3 is 15.0 Å². The van der Waals surface area contributed by atoms with Crippen LogP contribution < -0.4 is 15.0 Å². The second-order valence-electron chi connectivity index (χ2n) is 4.45. The highest BCUT2D eigenvalue weighted by Gasteiger charge is 2.17. The molecule has 1 aromatic carbocycles. The summed E-state index contributed by atoms with van der Waals surface area (Å²) < 4.78 is 17.4. The average molecular weight is 346 g/mol. The fourth-order valence-corrected chi connectivity index (χ4v) is 2.29. The molecule has 1 heterocycles. The van der Waals surface area contributed by atoms with E-state index in [-0.39, 0.29) is 31.4 Å². The Morgan fingerprint density at radius 2 is 2.20 bits per heavy atom. The second-order valence-corrected chi connectivity index (χ2v) is 4.86. The van der Waals surface area contributed by atoms with Gasteiger partial charge in [0.05, 0.1) is 5.02 Å². The fraction of sp³-hybridized carbons (Fsp3) is 0.538. The van der Waals surface area contributed by atoms with Crippen molar-refractivity contribution in [1.82, 2.24) is 5.32 Å². The van der Waals surface area contributed by atoms with Crippen LogP contribution in [0.25, 0.3) is 0 Å². The Morgan fingerprint density at radius 1 is 1.45 bits per heavy atom. The van der Waals surface area contributed by atoms with Crippen LogP contribution in [0.2, 0.25) is 5.02 Å². The molecule has 1 atom stereocenters. The molecule has 0 aliphatic carbocycles. The predicted molar refractivity (Wildman–Crippen MR) is 87.1 cm³/mol. The van der Waals surface area contributed by atoms with Crippen molar-refractivity contribution >= 4 is 42.1 Å². The monoisotopic (exact) mass is 344 g/mol. The lowest BCUT2D eigenvalue weighted by Gasteiger charge is -2.33. The third-order valence-electron chi connectivity index (χ3n) is 2.98. The first-order valence-corrected chi connectivity index (χ1v) is 6.55. The molecule has 1 aliphatic rings.